The Morgan fingerprint density at radius 3 is 2.94 bits per heavy atom. The Kier molecular flexibility index (Phi) is 5.22. The van der Waals surface area contributed by atoms with Crippen molar-refractivity contribution >= 4 is 33.4 Å². The van der Waals surface area contributed by atoms with Crippen molar-refractivity contribution in [3.05, 3.63) is 34.6 Å². The van der Waals surface area contributed by atoms with Gasteiger partial charge in [0.2, 0.25) is 0 Å². The zero-order chi connectivity index (χ0) is 12.1. The van der Waals surface area contributed by atoms with Gasteiger partial charge in [-0.15, -0.1) is 0 Å². The molecular formula is C11H12BrClFNO. The maximum absolute atomic E-state index is 13.5. The molecule has 2 nitrogen and oxygen atoms in total. The van der Waals surface area contributed by atoms with Crippen molar-refractivity contribution in [1.82, 2.24) is 5.32 Å². The van der Waals surface area contributed by atoms with Gasteiger partial charge in [-0.1, -0.05) is 33.6 Å². The van der Waals surface area contributed by atoms with Crippen LogP contribution >= 0.6 is 27.5 Å². The summed E-state index contributed by atoms with van der Waals surface area (Å²) >= 11 is 8.87. The summed E-state index contributed by atoms with van der Waals surface area (Å²) in [7, 11) is 0. The van der Waals surface area contributed by atoms with Crippen molar-refractivity contribution in [3.63, 3.8) is 0 Å². The second-order valence-corrected chi connectivity index (χ2v) is 4.65. The molecule has 1 unspecified atom stereocenters. The highest BCUT2D eigenvalue weighted by Gasteiger charge is 2.15. The highest BCUT2D eigenvalue weighted by atomic mass is 79.9. The lowest BCUT2D eigenvalue weighted by molar-refractivity contribution is 0.0935. The monoisotopic (exact) mass is 307 g/mol. The standard InChI is InChI=1S/C11H12BrClFNO/c1-7(5-6-12)15-11(16)8-3-2-4-9(13)10(8)14/h2-4,7H,5-6H2,1H3,(H,15,16). The molecular weight excluding hydrogens is 296 g/mol. The number of carbonyl (C=O) groups excluding carboxylic acids is 1. The van der Waals surface area contributed by atoms with Crippen LogP contribution in [0.1, 0.15) is 23.7 Å². The first-order chi connectivity index (χ1) is 7.56. The van der Waals surface area contributed by atoms with Gasteiger partial charge in [-0.05, 0) is 25.5 Å². The average Bonchev–Trinajstić information content (AvgIpc) is 2.22. The number of rotatable bonds is 4. The molecule has 88 valence electrons. The number of hydrogen-bond acceptors (Lipinski definition) is 1. The van der Waals surface area contributed by atoms with Gasteiger partial charge in [0.15, 0.2) is 5.82 Å². The van der Waals surface area contributed by atoms with E-state index >= 15 is 0 Å². The summed E-state index contributed by atoms with van der Waals surface area (Å²) in [6.07, 6.45) is 0.786. The van der Waals surface area contributed by atoms with Gasteiger partial charge < -0.3 is 5.32 Å². The average molecular weight is 309 g/mol. The first-order valence-corrected chi connectivity index (χ1v) is 6.37. The molecule has 1 atom stereocenters. The lowest BCUT2D eigenvalue weighted by atomic mass is 10.1. The zero-order valence-electron chi connectivity index (χ0n) is 8.77. The van der Waals surface area contributed by atoms with E-state index in [0.29, 0.717) is 0 Å². The first-order valence-electron chi connectivity index (χ1n) is 4.87. The van der Waals surface area contributed by atoms with Gasteiger partial charge in [0.25, 0.3) is 5.91 Å². The third-order valence-corrected chi connectivity index (χ3v) is 2.87. The highest BCUT2D eigenvalue weighted by molar-refractivity contribution is 9.09. The minimum atomic E-state index is -0.673. The summed E-state index contributed by atoms with van der Waals surface area (Å²) in [5, 5.41) is 3.44. The van der Waals surface area contributed by atoms with Gasteiger partial charge in [0.1, 0.15) is 0 Å². The van der Waals surface area contributed by atoms with Crippen LogP contribution in [0.15, 0.2) is 18.2 Å². The molecule has 1 aromatic rings. The summed E-state index contributed by atoms with van der Waals surface area (Å²) in [4.78, 5) is 11.7. The van der Waals surface area contributed by atoms with Crippen molar-refractivity contribution in [2.75, 3.05) is 5.33 Å². The van der Waals surface area contributed by atoms with Crippen LogP contribution in [-0.4, -0.2) is 17.3 Å². The van der Waals surface area contributed by atoms with Crippen molar-refractivity contribution in [3.8, 4) is 0 Å². The Balaban J connectivity index is 2.77. The molecule has 0 fully saturated rings. The highest BCUT2D eigenvalue weighted by Crippen LogP contribution is 2.17. The van der Waals surface area contributed by atoms with Crippen molar-refractivity contribution in [2.45, 2.75) is 19.4 Å². The van der Waals surface area contributed by atoms with Gasteiger partial charge >= 0.3 is 0 Å². The van der Waals surface area contributed by atoms with Gasteiger partial charge in [-0.25, -0.2) is 4.39 Å². The second kappa shape index (κ2) is 6.21. The lowest BCUT2D eigenvalue weighted by Crippen LogP contribution is -2.33. The molecule has 0 spiro atoms. The molecule has 1 aromatic carbocycles. The molecule has 0 aliphatic carbocycles. The summed E-state index contributed by atoms with van der Waals surface area (Å²) in [6, 6.07) is 4.37. The maximum atomic E-state index is 13.5. The SMILES string of the molecule is CC(CCBr)NC(=O)c1cccc(Cl)c1F. The fourth-order valence-electron chi connectivity index (χ4n) is 1.22. The van der Waals surface area contributed by atoms with E-state index in [4.69, 9.17) is 11.6 Å². The molecule has 0 heterocycles. The summed E-state index contributed by atoms with van der Waals surface area (Å²) < 4.78 is 13.5. The van der Waals surface area contributed by atoms with Gasteiger partial charge in [0, 0.05) is 11.4 Å². The quantitative estimate of drug-likeness (QED) is 0.849. The smallest absolute Gasteiger partial charge is 0.254 e. The number of nitrogens with one attached hydrogen (secondary N) is 1. The topological polar surface area (TPSA) is 29.1 Å². The van der Waals surface area contributed by atoms with Crippen LogP contribution in [0.2, 0.25) is 5.02 Å². The molecule has 16 heavy (non-hydrogen) atoms. The number of hydrogen-bond donors (Lipinski definition) is 1. The van der Waals surface area contributed by atoms with E-state index in [1.165, 1.54) is 12.1 Å². The van der Waals surface area contributed by atoms with E-state index in [1.54, 1.807) is 6.07 Å². The molecule has 0 saturated heterocycles. The van der Waals surface area contributed by atoms with Crippen LogP contribution in [0, 0.1) is 5.82 Å². The van der Waals surface area contributed by atoms with E-state index in [-0.39, 0.29) is 16.6 Å². The number of carbonyl (C=O) groups is 1. The summed E-state index contributed by atoms with van der Waals surface area (Å²) in [6.45, 7) is 1.86. The first kappa shape index (κ1) is 13.5. The molecule has 1 amide bonds. The third kappa shape index (κ3) is 3.46. The van der Waals surface area contributed by atoms with Gasteiger partial charge in [-0.2, -0.15) is 0 Å². The molecule has 0 saturated carbocycles. The van der Waals surface area contributed by atoms with Crippen LogP contribution in [-0.2, 0) is 0 Å². The van der Waals surface area contributed by atoms with Crippen LogP contribution in [0.4, 0.5) is 4.39 Å². The fraction of sp³-hybridized carbons (Fsp3) is 0.364. The van der Waals surface area contributed by atoms with E-state index in [2.05, 4.69) is 21.2 Å². The molecule has 1 N–H and O–H groups in total. The van der Waals surface area contributed by atoms with Gasteiger partial charge in [-0.3, -0.25) is 4.79 Å². The second-order valence-electron chi connectivity index (χ2n) is 3.45. The third-order valence-electron chi connectivity index (χ3n) is 2.12. The molecule has 0 aliphatic rings. The Morgan fingerprint density at radius 1 is 1.62 bits per heavy atom. The largest absolute Gasteiger partial charge is 0.349 e. The maximum Gasteiger partial charge on any atom is 0.254 e. The van der Waals surface area contributed by atoms with Gasteiger partial charge in [0.05, 0.1) is 10.6 Å². The van der Waals surface area contributed by atoms with E-state index in [1.807, 2.05) is 6.92 Å². The molecule has 5 heteroatoms. The van der Waals surface area contributed by atoms with E-state index < -0.39 is 11.7 Å². The summed E-state index contributed by atoms with van der Waals surface area (Å²) in [5.41, 5.74) is -0.0195. The predicted octanol–water partition coefficient (Wildman–Crippen LogP) is 3.38. The Labute approximate surface area is 107 Å². The van der Waals surface area contributed by atoms with Crippen molar-refractivity contribution < 1.29 is 9.18 Å². The minimum absolute atomic E-state index is 0.00902. The van der Waals surface area contributed by atoms with Crippen LogP contribution in [0.25, 0.3) is 0 Å². The molecule has 0 bridgehead atoms. The van der Waals surface area contributed by atoms with Crippen LogP contribution in [0.3, 0.4) is 0 Å². The van der Waals surface area contributed by atoms with Crippen LogP contribution < -0.4 is 5.32 Å². The predicted molar refractivity (Wildman–Crippen MR) is 66.7 cm³/mol. The number of amides is 1. The fourth-order valence-corrected chi connectivity index (χ4v) is 2.08. The van der Waals surface area contributed by atoms with Crippen molar-refractivity contribution in [1.29, 1.82) is 0 Å². The van der Waals surface area contributed by atoms with Crippen molar-refractivity contribution in [2.24, 2.45) is 0 Å². The van der Waals surface area contributed by atoms with E-state index in [9.17, 15) is 9.18 Å². The molecule has 0 radical (unpaired) electrons. The Morgan fingerprint density at radius 2 is 2.31 bits per heavy atom. The van der Waals surface area contributed by atoms with E-state index in [0.717, 1.165) is 11.8 Å². The van der Waals surface area contributed by atoms with Crippen LogP contribution in [0.5, 0.6) is 0 Å². The molecule has 1 rings (SSSR count). The number of benzene rings is 1. The normalized spacial score (nSPS) is 12.2. The Bertz CT molecular complexity index is 386. The lowest BCUT2D eigenvalue weighted by Gasteiger charge is -2.12. The number of halogens is 3. The Hall–Kier alpha value is -0.610. The summed E-state index contributed by atoms with van der Waals surface area (Å²) in [5.74, 6) is -1.11. The number of alkyl halides is 1. The molecule has 0 aromatic heterocycles. The molecule has 0 aliphatic heterocycles. The zero-order valence-corrected chi connectivity index (χ0v) is 11.1. The minimum Gasteiger partial charge on any atom is -0.349 e.